The van der Waals surface area contributed by atoms with Gasteiger partial charge in [0.1, 0.15) is 5.69 Å². The number of fused-ring (bicyclic) bond motifs is 1. The SMILES string of the molecule is Cc1cc(-c2nnc(NC[C@@H](O)CO)s2)nc2c(C(F)(F)F)cc(C3CC3)cc12. The summed E-state index contributed by atoms with van der Waals surface area (Å²) in [5.74, 6) is 0.200. The molecule has 0 unspecified atom stereocenters. The molecule has 4 rings (SSSR count). The summed E-state index contributed by atoms with van der Waals surface area (Å²) in [7, 11) is 0. The Morgan fingerprint density at radius 2 is 2.00 bits per heavy atom. The monoisotopic (exact) mass is 424 g/mol. The number of hydrogen-bond acceptors (Lipinski definition) is 7. The van der Waals surface area contributed by atoms with Gasteiger partial charge in [0.15, 0.2) is 5.01 Å². The Balaban J connectivity index is 1.75. The molecule has 0 bridgehead atoms. The maximum Gasteiger partial charge on any atom is 0.418 e. The van der Waals surface area contributed by atoms with Crippen molar-refractivity contribution < 1.29 is 23.4 Å². The van der Waals surface area contributed by atoms with E-state index in [4.69, 9.17) is 5.11 Å². The highest BCUT2D eigenvalue weighted by Gasteiger charge is 2.36. The fraction of sp³-hybridized carbons (Fsp3) is 0.421. The summed E-state index contributed by atoms with van der Waals surface area (Å²) in [6, 6.07) is 4.75. The average Bonchev–Trinajstić information content (AvgIpc) is 3.42. The van der Waals surface area contributed by atoms with E-state index in [0.29, 0.717) is 32.3 Å². The molecule has 0 saturated heterocycles. The van der Waals surface area contributed by atoms with Crippen LogP contribution in [-0.2, 0) is 6.18 Å². The summed E-state index contributed by atoms with van der Waals surface area (Å²) >= 11 is 1.12. The number of halogens is 3. The van der Waals surface area contributed by atoms with E-state index in [1.54, 1.807) is 13.0 Å². The maximum absolute atomic E-state index is 13.7. The molecule has 2 heterocycles. The third kappa shape index (κ3) is 4.19. The second-order valence-electron chi connectivity index (χ2n) is 7.19. The number of alkyl halides is 3. The topological polar surface area (TPSA) is 91.2 Å². The van der Waals surface area contributed by atoms with Crippen molar-refractivity contribution in [1.82, 2.24) is 15.2 Å². The van der Waals surface area contributed by atoms with Crippen molar-refractivity contribution in [1.29, 1.82) is 0 Å². The first-order valence-corrected chi connectivity index (χ1v) is 9.97. The van der Waals surface area contributed by atoms with Gasteiger partial charge in [0.2, 0.25) is 5.13 Å². The van der Waals surface area contributed by atoms with Crippen molar-refractivity contribution in [3.8, 4) is 10.7 Å². The number of rotatable bonds is 6. The summed E-state index contributed by atoms with van der Waals surface area (Å²) in [5.41, 5.74) is 0.909. The molecule has 1 aromatic carbocycles. The standard InChI is InChI=1S/C19H19F3N4O2S/c1-9-4-15(17-25-26-18(29-17)23-7-12(28)8-27)24-16-13(9)5-11(10-2-3-10)6-14(16)19(20,21)22/h4-6,10,12,27-28H,2-3,7-8H2,1H3,(H,23,26)/t12-/m1/s1. The zero-order chi connectivity index (χ0) is 20.8. The number of nitrogens with one attached hydrogen (secondary N) is 1. The van der Waals surface area contributed by atoms with Crippen LogP contribution in [0.25, 0.3) is 21.6 Å². The van der Waals surface area contributed by atoms with E-state index in [-0.39, 0.29) is 18.0 Å². The second kappa shape index (κ2) is 7.51. The molecule has 1 aliphatic rings. The van der Waals surface area contributed by atoms with Crippen molar-refractivity contribution >= 4 is 27.4 Å². The molecule has 0 spiro atoms. The Bertz CT molecular complexity index is 1050. The van der Waals surface area contributed by atoms with Crippen LogP contribution in [0.1, 0.15) is 35.4 Å². The van der Waals surface area contributed by atoms with Gasteiger partial charge in [0.05, 0.1) is 23.8 Å². The highest BCUT2D eigenvalue weighted by molar-refractivity contribution is 7.18. The summed E-state index contributed by atoms with van der Waals surface area (Å²) in [4.78, 5) is 4.29. The zero-order valence-corrected chi connectivity index (χ0v) is 16.3. The van der Waals surface area contributed by atoms with Crippen LogP contribution in [0.15, 0.2) is 18.2 Å². The van der Waals surface area contributed by atoms with Crippen LogP contribution in [0, 0.1) is 6.92 Å². The summed E-state index contributed by atoms with van der Waals surface area (Å²) in [6.07, 6.45) is -3.62. The predicted molar refractivity (Wildman–Crippen MR) is 104 cm³/mol. The van der Waals surface area contributed by atoms with Crippen molar-refractivity contribution in [3.63, 3.8) is 0 Å². The number of pyridine rings is 1. The lowest BCUT2D eigenvalue weighted by atomic mass is 9.98. The molecule has 10 heteroatoms. The molecule has 0 aliphatic heterocycles. The maximum atomic E-state index is 13.7. The number of aryl methyl sites for hydroxylation is 1. The first-order valence-electron chi connectivity index (χ1n) is 9.15. The normalized spacial score (nSPS) is 15.7. The highest BCUT2D eigenvalue weighted by Crippen LogP contribution is 2.45. The molecule has 29 heavy (non-hydrogen) atoms. The van der Waals surface area contributed by atoms with Crippen LogP contribution >= 0.6 is 11.3 Å². The molecular weight excluding hydrogens is 405 g/mol. The largest absolute Gasteiger partial charge is 0.418 e. The van der Waals surface area contributed by atoms with Gasteiger partial charge < -0.3 is 15.5 Å². The fourth-order valence-corrected chi connectivity index (χ4v) is 3.87. The lowest BCUT2D eigenvalue weighted by Crippen LogP contribution is -2.22. The van der Waals surface area contributed by atoms with Gasteiger partial charge in [0, 0.05) is 11.9 Å². The van der Waals surface area contributed by atoms with Crippen LogP contribution in [-0.4, -0.2) is 44.7 Å². The molecule has 0 amide bonds. The minimum Gasteiger partial charge on any atom is -0.394 e. The predicted octanol–water partition coefficient (Wildman–Crippen LogP) is 3.72. The van der Waals surface area contributed by atoms with E-state index in [2.05, 4.69) is 20.5 Å². The quantitative estimate of drug-likeness (QED) is 0.559. The van der Waals surface area contributed by atoms with E-state index >= 15 is 0 Å². The minimum absolute atomic E-state index is 0.0808. The zero-order valence-electron chi connectivity index (χ0n) is 15.5. The van der Waals surface area contributed by atoms with Crippen molar-refractivity contribution in [2.75, 3.05) is 18.5 Å². The minimum atomic E-state index is -4.50. The average molecular weight is 424 g/mol. The summed E-state index contributed by atoms with van der Waals surface area (Å²) in [6.45, 7) is 1.45. The van der Waals surface area contributed by atoms with Gasteiger partial charge in [-0.1, -0.05) is 11.3 Å². The third-order valence-corrected chi connectivity index (χ3v) is 5.74. The van der Waals surface area contributed by atoms with E-state index < -0.39 is 24.5 Å². The molecule has 1 aliphatic carbocycles. The number of benzene rings is 1. The van der Waals surface area contributed by atoms with E-state index in [1.807, 2.05) is 6.07 Å². The molecule has 1 saturated carbocycles. The number of hydrogen-bond donors (Lipinski definition) is 3. The number of aliphatic hydroxyl groups is 2. The Hall–Kier alpha value is -2.30. The molecule has 1 fully saturated rings. The van der Waals surface area contributed by atoms with Gasteiger partial charge in [0.25, 0.3) is 0 Å². The van der Waals surface area contributed by atoms with Gasteiger partial charge in [-0.25, -0.2) is 4.98 Å². The Kier molecular flexibility index (Phi) is 5.18. The lowest BCUT2D eigenvalue weighted by Gasteiger charge is -2.14. The molecule has 2 aromatic heterocycles. The third-order valence-electron chi connectivity index (χ3n) is 4.84. The summed E-state index contributed by atoms with van der Waals surface area (Å²) in [5, 5.41) is 30.3. The van der Waals surface area contributed by atoms with Gasteiger partial charge in [-0.15, -0.1) is 10.2 Å². The highest BCUT2D eigenvalue weighted by atomic mass is 32.1. The molecule has 1 atom stereocenters. The molecule has 3 N–H and O–H groups in total. The van der Waals surface area contributed by atoms with Crippen molar-refractivity contribution in [2.45, 2.75) is 38.0 Å². The molecule has 6 nitrogen and oxygen atoms in total. The number of aromatic nitrogens is 3. The van der Waals surface area contributed by atoms with Crippen LogP contribution in [0.2, 0.25) is 0 Å². The first kappa shape index (κ1) is 20.0. The van der Waals surface area contributed by atoms with Gasteiger partial charge in [-0.3, -0.25) is 0 Å². The van der Waals surface area contributed by atoms with Crippen LogP contribution in [0.4, 0.5) is 18.3 Å². The van der Waals surface area contributed by atoms with E-state index in [0.717, 1.165) is 24.2 Å². The molecule has 3 aromatic rings. The van der Waals surface area contributed by atoms with Crippen LogP contribution in [0.5, 0.6) is 0 Å². The molecular formula is C19H19F3N4O2S. The lowest BCUT2D eigenvalue weighted by molar-refractivity contribution is -0.136. The smallest absolute Gasteiger partial charge is 0.394 e. The second-order valence-corrected chi connectivity index (χ2v) is 8.17. The molecule has 154 valence electrons. The Morgan fingerprint density at radius 3 is 2.66 bits per heavy atom. The number of nitrogens with zero attached hydrogens (tertiary/aromatic N) is 3. The van der Waals surface area contributed by atoms with E-state index in [9.17, 15) is 18.3 Å². The van der Waals surface area contributed by atoms with E-state index in [1.165, 1.54) is 6.07 Å². The van der Waals surface area contributed by atoms with Crippen molar-refractivity contribution in [2.24, 2.45) is 0 Å². The van der Waals surface area contributed by atoms with Gasteiger partial charge in [-0.05, 0) is 55.0 Å². The van der Waals surface area contributed by atoms with Crippen LogP contribution in [0.3, 0.4) is 0 Å². The van der Waals surface area contributed by atoms with Gasteiger partial charge in [-0.2, -0.15) is 13.2 Å². The number of aliphatic hydroxyl groups excluding tert-OH is 2. The molecule has 0 radical (unpaired) electrons. The Morgan fingerprint density at radius 1 is 1.24 bits per heavy atom. The van der Waals surface area contributed by atoms with Gasteiger partial charge >= 0.3 is 6.18 Å². The van der Waals surface area contributed by atoms with Crippen molar-refractivity contribution in [3.05, 3.63) is 34.9 Å². The Labute approximate surface area is 168 Å². The first-order chi connectivity index (χ1) is 13.8. The summed E-state index contributed by atoms with van der Waals surface area (Å²) < 4.78 is 41.2. The number of anilines is 1. The van der Waals surface area contributed by atoms with Crippen LogP contribution < -0.4 is 5.32 Å². The fourth-order valence-electron chi connectivity index (χ4n) is 3.16.